The van der Waals surface area contributed by atoms with Crippen molar-refractivity contribution in [2.75, 3.05) is 13.1 Å². The molecule has 5 heteroatoms. The molecule has 0 bridgehead atoms. The normalized spacial score (nSPS) is 17.1. The van der Waals surface area contributed by atoms with E-state index < -0.39 is 5.97 Å². The fraction of sp³-hybridized carbons (Fsp3) is 0.529. The largest absolute Gasteiger partial charge is 0.481 e. The molecule has 0 aromatic heterocycles. The van der Waals surface area contributed by atoms with Crippen molar-refractivity contribution in [1.29, 1.82) is 0 Å². The highest BCUT2D eigenvalue weighted by atomic mass is 35.5. The zero-order valence-corrected chi connectivity index (χ0v) is 13.8. The Balaban J connectivity index is 0.00000242. The van der Waals surface area contributed by atoms with E-state index in [4.69, 9.17) is 5.11 Å². The van der Waals surface area contributed by atoms with Gasteiger partial charge in [0.25, 0.3) is 0 Å². The molecule has 1 aliphatic heterocycles. The number of carboxylic acid groups (broad SMARTS) is 1. The molecule has 1 heterocycles. The van der Waals surface area contributed by atoms with Crippen molar-refractivity contribution < 1.29 is 14.7 Å². The maximum Gasteiger partial charge on any atom is 0.308 e. The van der Waals surface area contributed by atoms with Crippen LogP contribution in [-0.4, -0.2) is 35.0 Å². The van der Waals surface area contributed by atoms with Crippen LogP contribution in [-0.2, 0) is 16.0 Å². The first-order chi connectivity index (χ1) is 10.1. The molecule has 2 rings (SSSR count). The van der Waals surface area contributed by atoms with Crippen molar-refractivity contribution in [3.8, 4) is 0 Å². The topological polar surface area (TPSA) is 57.6 Å². The molecule has 0 saturated carbocycles. The first-order valence-corrected chi connectivity index (χ1v) is 7.62. The van der Waals surface area contributed by atoms with Gasteiger partial charge in [-0.15, -0.1) is 12.4 Å². The summed E-state index contributed by atoms with van der Waals surface area (Å²) in [5, 5.41) is 8.93. The van der Waals surface area contributed by atoms with Crippen LogP contribution in [0.25, 0.3) is 0 Å². The number of halogens is 1. The second-order valence-corrected chi connectivity index (χ2v) is 5.86. The van der Waals surface area contributed by atoms with Gasteiger partial charge >= 0.3 is 5.97 Å². The van der Waals surface area contributed by atoms with E-state index in [1.165, 1.54) is 11.1 Å². The van der Waals surface area contributed by atoms with E-state index in [0.29, 0.717) is 25.9 Å². The lowest BCUT2D eigenvalue weighted by Crippen LogP contribution is -2.29. The molecule has 1 aromatic carbocycles. The Morgan fingerprint density at radius 1 is 1.23 bits per heavy atom. The minimum Gasteiger partial charge on any atom is -0.481 e. The Morgan fingerprint density at radius 3 is 2.50 bits per heavy atom. The number of carbonyl (C=O) groups excluding carboxylic acids is 1. The van der Waals surface area contributed by atoms with Crippen LogP contribution in [0.2, 0.25) is 0 Å². The van der Waals surface area contributed by atoms with Gasteiger partial charge < -0.3 is 10.0 Å². The Labute approximate surface area is 137 Å². The van der Waals surface area contributed by atoms with Crippen LogP contribution in [0.1, 0.15) is 36.8 Å². The molecule has 1 N–H and O–H groups in total. The molecular weight excluding hydrogens is 302 g/mol. The Kier molecular flexibility index (Phi) is 7.39. The third-order valence-electron chi connectivity index (χ3n) is 4.12. The van der Waals surface area contributed by atoms with Gasteiger partial charge in [-0.05, 0) is 38.2 Å². The van der Waals surface area contributed by atoms with Gasteiger partial charge in [0.05, 0.1) is 5.92 Å². The number of benzene rings is 1. The highest BCUT2D eigenvalue weighted by molar-refractivity contribution is 5.85. The minimum atomic E-state index is -0.787. The lowest BCUT2D eigenvalue weighted by Gasteiger charge is -2.15. The van der Waals surface area contributed by atoms with E-state index in [1.54, 1.807) is 4.90 Å². The molecule has 1 aliphatic rings. The molecule has 1 atom stereocenters. The quantitative estimate of drug-likeness (QED) is 0.818. The highest BCUT2D eigenvalue weighted by Crippen LogP contribution is 2.18. The molecule has 0 radical (unpaired) electrons. The van der Waals surface area contributed by atoms with Crippen molar-refractivity contribution in [3.05, 3.63) is 35.4 Å². The van der Waals surface area contributed by atoms with Crippen LogP contribution in [0.4, 0.5) is 0 Å². The number of aryl methyl sites for hydroxylation is 2. The Hall–Kier alpha value is -1.55. The lowest BCUT2D eigenvalue weighted by atomic mass is 10.1. The summed E-state index contributed by atoms with van der Waals surface area (Å²) in [6, 6.07) is 8.48. The molecule has 22 heavy (non-hydrogen) atoms. The average Bonchev–Trinajstić information content (AvgIpc) is 2.95. The van der Waals surface area contributed by atoms with Crippen molar-refractivity contribution in [2.24, 2.45) is 5.92 Å². The van der Waals surface area contributed by atoms with E-state index in [0.717, 1.165) is 19.3 Å². The van der Waals surface area contributed by atoms with Gasteiger partial charge in [0.15, 0.2) is 0 Å². The van der Waals surface area contributed by atoms with Gasteiger partial charge in [-0.1, -0.05) is 29.8 Å². The number of aliphatic carboxylic acids is 1. The van der Waals surface area contributed by atoms with Gasteiger partial charge in [-0.2, -0.15) is 0 Å². The monoisotopic (exact) mass is 325 g/mol. The van der Waals surface area contributed by atoms with Gasteiger partial charge in [-0.3, -0.25) is 9.59 Å². The molecule has 0 spiro atoms. The fourth-order valence-corrected chi connectivity index (χ4v) is 2.71. The fourth-order valence-electron chi connectivity index (χ4n) is 2.71. The summed E-state index contributed by atoms with van der Waals surface area (Å²) in [6.45, 7) is 3.04. The van der Waals surface area contributed by atoms with Crippen LogP contribution >= 0.6 is 12.4 Å². The molecular formula is C17H24ClNO3. The summed E-state index contributed by atoms with van der Waals surface area (Å²) < 4.78 is 0. The van der Waals surface area contributed by atoms with Crippen LogP contribution in [0.3, 0.4) is 0 Å². The third-order valence-corrected chi connectivity index (χ3v) is 4.12. The van der Waals surface area contributed by atoms with Crippen molar-refractivity contribution in [2.45, 2.75) is 39.0 Å². The molecule has 122 valence electrons. The van der Waals surface area contributed by atoms with Gasteiger partial charge in [0, 0.05) is 19.5 Å². The predicted molar refractivity (Wildman–Crippen MR) is 88.3 cm³/mol. The van der Waals surface area contributed by atoms with E-state index in [-0.39, 0.29) is 24.2 Å². The lowest BCUT2D eigenvalue weighted by molar-refractivity contribution is -0.141. The number of carbonyl (C=O) groups is 2. The van der Waals surface area contributed by atoms with Crippen molar-refractivity contribution in [3.63, 3.8) is 0 Å². The number of hydrogen-bond acceptors (Lipinski definition) is 2. The molecule has 4 nitrogen and oxygen atoms in total. The van der Waals surface area contributed by atoms with E-state index in [9.17, 15) is 9.59 Å². The molecule has 1 unspecified atom stereocenters. The number of unbranched alkanes of at least 4 members (excludes halogenated alkanes) is 1. The summed E-state index contributed by atoms with van der Waals surface area (Å²) in [5.74, 6) is -1.06. The number of hydrogen-bond donors (Lipinski definition) is 1. The van der Waals surface area contributed by atoms with Gasteiger partial charge in [0.2, 0.25) is 5.91 Å². The molecule has 1 fully saturated rings. The molecule has 1 aromatic rings. The Bertz CT molecular complexity index is 501. The van der Waals surface area contributed by atoms with Crippen molar-refractivity contribution >= 4 is 24.3 Å². The number of amides is 1. The van der Waals surface area contributed by atoms with Gasteiger partial charge in [0.1, 0.15) is 0 Å². The summed E-state index contributed by atoms with van der Waals surface area (Å²) in [5.41, 5.74) is 2.57. The van der Waals surface area contributed by atoms with Crippen LogP contribution in [0.15, 0.2) is 24.3 Å². The number of nitrogens with zero attached hydrogens (tertiary/aromatic N) is 1. The average molecular weight is 326 g/mol. The standard InChI is InChI=1S/C17H23NO3.ClH/c1-13-6-8-14(9-7-13)4-2-3-5-16(19)18-11-10-15(12-18)17(20)21;/h6-9,15H,2-5,10-12H2,1H3,(H,20,21);1H. The molecule has 1 amide bonds. The second-order valence-electron chi connectivity index (χ2n) is 5.86. The summed E-state index contributed by atoms with van der Waals surface area (Å²) in [4.78, 5) is 24.6. The third kappa shape index (κ3) is 5.34. The summed E-state index contributed by atoms with van der Waals surface area (Å²) in [6.07, 6.45) is 3.96. The number of carboxylic acids is 1. The van der Waals surface area contributed by atoms with E-state index in [2.05, 4.69) is 31.2 Å². The number of likely N-dealkylation sites (tertiary alicyclic amines) is 1. The minimum absolute atomic E-state index is 0. The number of rotatable bonds is 6. The van der Waals surface area contributed by atoms with Crippen LogP contribution in [0.5, 0.6) is 0 Å². The maximum atomic E-state index is 12.0. The zero-order valence-electron chi connectivity index (χ0n) is 13.0. The van der Waals surface area contributed by atoms with E-state index >= 15 is 0 Å². The van der Waals surface area contributed by atoms with Crippen LogP contribution in [0, 0.1) is 12.8 Å². The molecule has 0 aliphatic carbocycles. The SMILES string of the molecule is Cc1ccc(CCCCC(=O)N2CCC(C(=O)O)C2)cc1.Cl. The molecule has 1 saturated heterocycles. The van der Waals surface area contributed by atoms with E-state index in [1.807, 2.05) is 0 Å². The Morgan fingerprint density at radius 2 is 1.91 bits per heavy atom. The summed E-state index contributed by atoms with van der Waals surface area (Å²) in [7, 11) is 0. The first kappa shape index (κ1) is 18.5. The first-order valence-electron chi connectivity index (χ1n) is 7.62. The smallest absolute Gasteiger partial charge is 0.308 e. The maximum absolute atomic E-state index is 12.0. The summed E-state index contributed by atoms with van der Waals surface area (Å²) >= 11 is 0. The van der Waals surface area contributed by atoms with Gasteiger partial charge in [-0.25, -0.2) is 0 Å². The predicted octanol–water partition coefficient (Wildman–Crippen LogP) is 3.06. The van der Waals surface area contributed by atoms with Crippen LogP contribution < -0.4 is 0 Å². The van der Waals surface area contributed by atoms with Crippen molar-refractivity contribution in [1.82, 2.24) is 4.90 Å². The second kappa shape index (κ2) is 8.79. The highest BCUT2D eigenvalue weighted by Gasteiger charge is 2.30. The zero-order chi connectivity index (χ0) is 15.2.